The summed E-state index contributed by atoms with van der Waals surface area (Å²) in [5.74, 6) is -0.152. The van der Waals surface area contributed by atoms with Crippen LogP contribution in [0.2, 0.25) is 5.02 Å². The lowest BCUT2D eigenvalue weighted by atomic mass is 10.0. The molecule has 35 heavy (non-hydrogen) atoms. The van der Waals surface area contributed by atoms with Gasteiger partial charge in [-0.05, 0) is 43.3 Å². The zero-order chi connectivity index (χ0) is 25.1. The fourth-order valence-electron chi connectivity index (χ4n) is 3.72. The highest BCUT2D eigenvalue weighted by Gasteiger charge is 2.18. The van der Waals surface area contributed by atoms with Crippen molar-refractivity contribution >= 4 is 45.7 Å². The van der Waals surface area contributed by atoms with Gasteiger partial charge < -0.3 is 20.5 Å². The molecule has 0 atom stereocenters. The van der Waals surface area contributed by atoms with Crippen molar-refractivity contribution in [1.29, 1.82) is 5.26 Å². The third-order valence-electron chi connectivity index (χ3n) is 5.40. The molecule has 176 valence electrons. The lowest BCUT2D eigenvalue weighted by molar-refractivity contribution is 0.262. The van der Waals surface area contributed by atoms with Crippen molar-refractivity contribution in [2.45, 2.75) is 13.5 Å². The maximum Gasteiger partial charge on any atom is 0.323 e. The number of halogens is 2. The van der Waals surface area contributed by atoms with Crippen LogP contribution in [0, 0.1) is 17.1 Å². The van der Waals surface area contributed by atoms with Crippen LogP contribution in [-0.4, -0.2) is 22.6 Å². The second-order valence-electron chi connectivity index (χ2n) is 7.57. The van der Waals surface area contributed by atoms with E-state index in [2.05, 4.69) is 20.9 Å². The molecule has 0 saturated heterocycles. The van der Waals surface area contributed by atoms with Crippen molar-refractivity contribution < 1.29 is 9.18 Å². The molecule has 0 fully saturated rings. The van der Waals surface area contributed by atoms with E-state index in [0.717, 1.165) is 6.07 Å². The van der Waals surface area contributed by atoms with E-state index in [0.29, 0.717) is 34.5 Å². The molecule has 2 aromatic heterocycles. The number of nitriles is 1. The molecule has 0 aliphatic carbocycles. The Bertz CT molecular complexity index is 1560. The number of carbonyl (C=O) groups excluding carboxylic acids is 1. The first kappa shape index (κ1) is 23.7. The van der Waals surface area contributed by atoms with Gasteiger partial charge in [-0.2, -0.15) is 5.26 Å². The lowest BCUT2D eigenvalue weighted by Crippen LogP contribution is -2.22. The van der Waals surface area contributed by atoms with Gasteiger partial charge in [-0.1, -0.05) is 17.7 Å². The van der Waals surface area contributed by atoms with Crippen LogP contribution < -0.4 is 21.5 Å². The first-order valence-electron chi connectivity index (χ1n) is 10.6. The number of amides is 2. The van der Waals surface area contributed by atoms with E-state index in [-0.39, 0.29) is 27.4 Å². The first-order chi connectivity index (χ1) is 16.8. The van der Waals surface area contributed by atoms with E-state index in [1.807, 2.05) is 13.0 Å². The minimum Gasteiger partial charge on any atom is -0.373 e. The lowest BCUT2D eigenvalue weighted by Gasteiger charge is -2.15. The average molecular weight is 491 g/mol. The Kier molecular flexibility index (Phi) is 6.66. The van der Waals surface area contributed by atoms with Crippen LogP contribution >= 0.6 is 11.6 Å². The molecule has 0 saturated carbocycles. The number of benzene rings is 2. The minimum absolute atomic E-state index is 0.0223. The normalized spacial score (nSPS) is 10.6. The molecule has 4 rings (SSSR count). The standard InChI is InChI=1S/C25H20ClFN6O2/c1-3-33-22-11-23(29-2)30-13-15(22)8-18(24(33)34)17-9-21(20(27)10-19(17)26)32-25(35)31-16-6-4-5-14(7-16)12-28/h4-11,13H,3H2,1-2H3,(H,29,30)(H2,31,32,35). The third kappa shape index (κ3) is 4.78. The summed E-state index contributed by atoms with van der Waals surface area (Å²) in [5, 5.41) is 17.7. The summed E-state index contributed by atoms with van der Waals surface area (Å²) in [7, 11) is 1.74. The van der Waals surface area contributed by atoms with Crippen molar-refractivity contribution in [3.63, 3.8) is 0 Å². The van der Waals surface area contributed by atoms with Gasteiger partial charge in [0.2, 0.25) is 0 Å². The number of carbonyl (C=O) groups is 1. The number of hydrogen-bond donors (Lipinski definition) is 3. The van der Waals surface area contributed by atoms with Crippen molar-refractivity contribution in [3.8, 4) is 17.2 Å². The maximum atomic E-state index is 14.7. The zero-order valence-electron chi connectivity index (χ0n) is 18.8. The second-order valence-corrected chi connectivity index (χ2v) is 7.98. The first-order valence-corrected chi connectivity index (χ1v) is 11.0. The Morgan fingerprint density at radius 1 is 1.17 bits per heavy atom. The minimum atomic E-state index is -0.767. The molecular weight excluding hydrogens is 471 g/mol. The van der Waals surface area contributed by atoms with E-state index in [4.69, 9.17) is 16.9 Å². The summed E-state index contributed by atoms with van der Waals surface area (Å²) >= 11 is 6.33. The van der Waals surface area contributed by atoms with Gasteiger partial charge >= 0.3 is 6.03 Å². The molecule has 2 amide bonds. The van der Waals surface area contributed by atoms with Crippen LogP contribution in [0.25, 0.3) is 22.0 Å². The summed E-state index contributed by atoms with van der Waals surface area (Å²) in [4.78, 5) is 30.1. The number of fused-ring (bicyclic) bond motifs is 1. The Morgan fingerprint density at radius 3 is 2.69 bits per heavy atom. The van der Waals surface area contributed by atoms with E-state index in [1.165, 1.54) is 12.1 Å². The largest absolute Gasteiger partial charge is 0.373 e. The Morgan fingerprint density at radius 2 is 1.97 bits per heavy atom. The SMILES string of the molecule is CCn1c(=O)c(-c2cc(NC(=O)Nc3cccc(C#N)c3)c(F)cc2Cl)cc2cnc(NC)cc21. The molecule has 0 aliphatic heterocycles. The molecule has 0 spiro atoms. The van der Waals surface area contributed by atoms with Crippen LogP contribution in [0.4, 0.5) is 26.4 Å². The summed E-state index contributed by atoms with van der Waals surface area (Å²) in [6, 6.07) is 13.3. The molecule has 0 radical (unpaired) electrons. The van der Waals surface area contributed by atoms with Crippen molar-refractivity contribution in [2.75, 3.05) is 23.0 Å². The van der Waals surface area contributed by atoms with Crippen molar-refractivity contribution in [2.24, 2.45) is 0 Å². The highest BCUT2D eigenvalue weighted by Crippen LogP contribution is 2.32. The molecule has 0 bridgehead atoms. The summed E-state index contributed by atoms with van der Waals surface area (Å²) in [6.07, 6.45) is 1.63. The van der Waals surface area contributed by atoms with Gasteiger partial charge in [-0.15, -0.1) is 0 Å². The monoisotopic (exact) mass is 490 g/mol. The number of urea groups is 1. The number of rotatable bonds is 5. The number of nitrogens with one attached hydrogen (secondary N) is 3. The fraction of sp³-hybridized carbons (Fsp3) is 0.120. The zero-order valence-corrected chi connectivity index (χ0v) is 19.6. The van der Waals surface area contributed by atoms with Crippen molar-refractivity contribution in [1.82, 2.24) is 9.55 Å². The summed E-state index contributed by atoms with van der Waals surface area (Å²) in [5.41, 5.74) is 1.45. The van der Waals surface area contributed by atoms with E-state index >= 15 is 0 Å². The average Bonchev–Trinajstić information content (AvgIpc) is 2.85. The smallest absolute Gasteiger partial charge is 0.323 e. The van der Waals surface area contributed by atoms with E-state index < -0.39 is 11.8 Å². The number of pyridine rings is 2. The van der Waals surface area contributed by atoms with Crippen molar-refractivity contribution in [3.05, 3.63) is 81.5 Å². The highest BCUT2D eigenvalue weighted by atomic mass is 35.5. The van der Waals surface area contributed by atoms with E-state index in [9.17, 15) is 14.0 Å². The van der Waals surface area contributed by atoms with Gasteiger partial charge in [0.1, 0.15) is 11.6 Å². The van der Waals surface area contributed by atoms with E-state index in [1.54, 1.807) is 48.1 Å². The summed E-state index contributed by atoms with van der Waals surface area (Å²) in [6.45, 7) is 2.24. The van der Waals surface area contributed by atoms with Gasteiger partial charge in [0.25, 0.3) is 5.56 Å². The molecule has 3 N–H and O–H groups in total. The molecular formula is C25H20ClFN6O2. The number of nitrogens with zero attached hydrogens (tertiary/aromatic N) is 3. The fourth-order valence-corrected chi connectivity index (χ4v) is 3.97. The molecule has 2 aromatic carbocycles. The molecule has 0 unspecified atom stereocenters. The van der Waals surface area contributed by atoms with Gasteiger partial charge in [-0.3, -0.25) is 4.79 Å². The number of anilines is 3. The Labute approximate surface area is 205 Å². The Hall–Kier alpha value is -4.42. The predicted octanol–water partition coefficient (Wildman–Crippen LogP) is 5.43. The number of hydrogen-bond acceptors (Lipinski definition) is 5. The van der Waals surface area contributed by atoms with Crippen LogP contribution in [-0.2, 0) is 6.54 Å². The quantitative estimate of drug-likeness (QED) is 0.345. The van der Waals surface area contributed by atoms with Gasteiger partial charge in [0, 0.05) is 48.1 Å². The van der Waals surface area contributed by atoms with Crippen LogP contribution in [0.5, 0.6) is 0 Å². The molecule has 8 nitrogen and oxygen atoms in total. The molecule has 10 heteroatoms. The third-order valence-corrected chi connectivity index (χ3v) is 5.71. The summed E-state index contributed by atoms with van der Waals surface area (Å²) < 4.78 is 16.3. The molecule has 4 aromatic rings. The number of aromatic nitrogens is 2. The predicted molar refractivity (Wildman–Crippen MR) is 135 cm³/mol. The Balaban J connectivity index is 1.74. The van der Waals surface area contributed by atoms with Gasteiger partial charge in [-0.25, -0.2) is 14.2 Å². The topological polar surface area (TPSA) is 112 Å². The maximum absolute atomic E-state index is 14.7. The molecule has 0 aliphatic rings. The van der Waals surface area contributed by atoms with Gasteiger partial charge in [0.05, 0.1) is 27.9 Å². The van der Waals surface area contributed by atoms with Gasteiger partial charge in [0.15, 0.2) is 0 Å². The molecule has 2 heterocycles. The number of aryl methyl sites for hydroxylation is 1. The van der Waals surface area contributed by atoms with Crippen LogP contribution in [0.1, 0.15) is 12.5 Å². The second kappa shape index (κ2) is 9.83. The highest BCUT2D eigenvalue weighted by molar-refractivity contribution is 6.33. The van der Waals surface area contributed by atoms with Crippen LogP contribution in [0.15, 0.2) is 59.5 Å². The van der Waals surface area contributed by atoms with Crippen LogP contribution in [0.3, 0.4) is 0 Å².